The quantitative estimate of drug-likeness (QED) is 0.0473. The first-order valence-electron chi connectivity index (χ1n) is 42.0. The van der Waals surface area contributed by atoms with Gasteiger partial charge < -0.3 is 35.1 Å². The van der Waals surface area contributed by atoms with E-state index in [1.807, 2.05) is 62.5 Å². The number of fused-ring (bicyclic) bond motifs is 6. The molecule has 3 aliphatic heterocycles. The summed E-state index contributed by atoms with van der Waals surface area (Å²) in [6, 6.07) is 19.1. The molecule has 6 amide bonds. The van der Waals surface area contributed by atoms with Crippen LogP contribution in [-0.4, -0.2) is 188 Å². The number of amides is 6. The number of piperidine rings is 3. The zero-order valence-electron chi connectivity index (χ0n) is 71.5. The fourth-order valence-corrected chi connectivity index (χ4v) is 17.4. The molecule has 3 N–H and O–H groups in total. The highest BCUT2D eigenvalue weighted by molar-refractivity contribution is 7.09. The average molecular weight is 1690 g/mol. The van der Waals surface area contributed by atoms with Crippen LogP contribution in [0.5, 0.6) is 0 Å². The number of pyridine rings is 6. The van der Waals surface area contributed by atoms with Crippen LogP contribution >= 0.6 is 11.3 Å². The Kier molecular flexibility index (Phi) is 27.5. The summed E-state index contributed by atoms with van der Waals surface area (Å²) in [6.07, 6.45) is 30.7. The van der Waals surface area contributed by atoms with Crippen LogP contribution in [0.4, 0.5) is 17.5 Å². The maximum Gasteiger partial charge on any atom is 0.248 e. The van der Waals surface area contributed by atoms with Gasteiger partial charge in [0.1, 0.15) is 91.2 Å². The summed E-state index contributed by atoms with van der Waals surface area (Å²) in [5.74, 6) is -0.189. The van der Waals surface area contributed by atoms with Gasteiger partial charge in [-0.15, -0.1) is 11.3 Å². The monoisotopic (exact) mass is 1690 g/mol. The molecule has 15 heterocycles. The Labute approximate surface area is 716 Å². The minimum absolute atomic E-state index is 0.0580. The van der Waals surface area contributed by atoms with E-state index in [4.69, 9.17) is 4.42 Å². The molecule has 3 aliphatic carbocycles. The van der Waals surface area contributed by atoms with Crippen molar-refractivity contribution in [1.29, 1.82) is 0 Å². The topological polar surface area (TPSA) is 400 Å². The molecular weight excluding hydrogens is 1580 g/mol. The van der Waals surface area contributed by atoms with Crippen LogP contribution < -0.4 is 16.0 Å². The lowest BCUT2D eigenvalue weighted by Gasteiger charge is -2.27. The summed E-state index contributed by atoms with van der Waals surface area (Å²) in [5, 5.41) is 31.0. The van der Waals surface area contributed by atoms with Crippen molar-refractivity contribution in [3.05, 3.63) is 192 Å². The van der Waals surface area contributed by atoms with Gasteiger partial charge in [-0.1, -0.05) is 98.3 Å². The minimum atomic E-state index is -0.684. The summed E-state index contributed by atoms with van der Waals surface area (Å²) in [4.78, 5) is 161. The molecule has 6 fully saturated rings. The maximum atomic E-state index is 13.8. The number of Topliss-reactive ketones (excluding diaryl/α,β-unsaturated/α-hetero) is 3. The van der Waals surface area contributed by atoms with E-state index in [9.17, 15) is 43.2 Å². The molecule has 3 saturated heterocycles. The summed E-state index contributed by atoms with van der Waals surface area (Å²) < 4.78 is 11.7. The summed E-state index contributed by atoms with van der Waals surface area (Å²) in [6.45, 7) is 23.2. The van der Waals surface area contributed by atoms with E-state index in [1.165, 1.54) is 85.9 Å². The van der Waals surface area contributed by atoms with Crippen molar-refractivity contribution >= 4 is 114 Å². The lowest BCUT2D eigenvalue weighted by molar-refractivity contribution is -0.138. The molecule has 18 rings (SSSR count). The number of carbonyl (C=O) groups is 9. The number of carbonyl (C=O) groups excluding carboxylic acids is 9. The smallest absolute Gasteiger partial charge is 0.248 e. The van der Waals surface area contributed by atoms with Gasteiger partial charge in [-0.2, -0.15) is 20.4 Å². The zero-order valence-corrected chi connectivity index (χ0v) is 72.3. The van der Waals surface area contributed by atoms with Gasteiger partial charge in [-0.25, -0.2) is 29.9 Å². The van der Waals surface area contributed by atoms with E-state index >= 15 is 0 Å². The largest absolute Gasteiger partial charge is 0.449 e. The molecule has 6 aliphatic rings. The lowest BCUT2D eigenvalue weighted by atomic mass is 9.95. The normalized spacial score (nSPS) is 20.7. The SMILES string of the molecule is CC(=O)c1nn(CC(=O)N2[C@H](C(=O)Nc3cccc(C)n3)C[C@@]3(Cc4ncco4)C[C@@H]23)c2cnccc12.CC(=O)c1nn(CC(=O)N2[C@H](C(=O)Nc3cccc(C)n3)C[C@@]3(Cc4nccs4)C[C@@H]23)c2cnccc12.CC(=O)c1nn(CC(=O)N2[C@H](C(=O)Nc3cccc(C)n3)C[C@@]3(Cn4cncn4)C[C@@H]23)c2cnccc12.CCCC.CCCC.CCCC. The molecular formula is C89H105N23O10S. The molecule has 3 saturated carbocycles. The molecule has 34 heteroatoms. The van der Waals surface area contributed by atoms with Crippen molar-refractivity contribution in [2.75, 3.05) is 16.0 Å². The number of aryl methyl sites for hydroxylation is 3. The Morgan fingerprint density at radius 1 is 0.447 bits per heavy atom. The van der Waals surface area contributed by atoms with Gasteiger partial charge in [0.2, 0.25) is 35.4 Å². The fourth-order valence-electron chi connectivity index (χ4n) is 16.6. The highest BCUT2D eigenvalue weighted by Crippen LogP contribution is 2.63. The second-order valence-electron chi connectivity index (χ2n) is 32.4. The lowest BCUT2D eigenvalue weighted by Crippen LogP contribution is -2.46. The van der Waals surface area contributed by atoms with Gasteiger partial charge in [0.25, 0.3) is 0 Å². The molecule has 0 radical (unpaired) electrons. The predicted octanol–water partition coefficient (Wildman–Crippen LogP) is 12.6. The Morgan fingerprint density at radius 3 is 1.15 bits per heavy atom. The van der Waals surface area contributed by atoms with Gasteiger partial charge in [0.15, 0.2) is 23.2 Å². The summed E-state index contributed by atoms with van der Waals surface area (Å²) in [5.41, 5.74) is 4.31. The Morgan fingerprint density at radius 2 is 0.821 bits per heavy atom. The molecule has 0 spiro atoms. The van der Waals surface area contributed by atoms with Gasteiger partial charge >= 0.3 is 0 Å². The number of hydrogen-bond donors (Lipinski definition) is 3. The van der Waals surface area contributed by atoms with E-state index < -0.39 is 18.1 Å². The van der Waals surface area contributed by atoms with Gasteiger partial charge in [0.05, 0.1) is 52.9 Å². The first-order chi connectivity index (χ1) is 59.3. The minimum Gasteiger partial charge on any atom is -0.449 e. The van der Waals surface area contributed by atoms with Crippen LogP contribution in [0.15, 0.2) is 151 Å². The van der Waals surface area contributed by atoms with Crippen molar-refractivity contribution in [3.8, 4) is 0 Å². The van der Waals surface area contributed by atoms with Crippen LogP contribution in [-0.2, 0) is 67.8 Å². The first-order valence-corrected chi connectivity index (χ1v) is 42.9. The molecule has 0 unspecified atom stereocenters. The molecule has 12 aromatic rings. The molecule has 123 heavy (non-hydrogen) atoms. The van der Waals surface area contributed by atoms with Crippen molar-refractivity contribution in [3.63, 3.8) is 0 Å². The van der Waals surface area contributed by atoms with E-state index in [1.54, 1.807) is 123 Å². The van der Waals surface area contributed by atoms with Gasteiger partial charge in [0, 0.05) is 131 Å². The van der Waals surface area contributed by atoms with Crippen LogP contribution in [0.25, 0.3) is 32.7 Å². The highest BCUT2D eigenvalue weighted by Gasteiger charge is 2.70. The third-order valence-electron chi connectivity index (χ3n) is 23.4. The van der Waals surface area contributed by atoms with Crippen molar-refractivity contribution in [2.24, 2.45) is 16.2 Å². The third kappa shape index (κ3) is 19.9. The highest BCUT2D eigenvalue weighted by atomic mass is 32.1. The second-order valence-corrected chi connectivity index (χ2v) is 33.4. The molecule has 642 valence electrons. The van der Waals surface area contributed by atoms with E-state index in [-0.39, 0.29) is 112 Å². The summed E-state index contributed by atoms with van der Waals surface area (Å²) >= 11 is 1.59. The van der Waals surface area contributed by atoms with Crippen molar-refractivity contribution < 1.29 is 47.6 Å². The molecule has 0 bridgehead atoms. The number of nitrogens with one attached hydrogen (secondary N) is 3. The molecule has 12 aromatic heterocycles. The standard InChI is InChI=1S/C26H25N7O4.C26H25N7O3S.C25H25N9O3.3C4H10/c2*1-15-4-3-5-21(29-15)30-25(36)18-10-26(12-22-28-8-9-37-22)11-20(26)33(18)23(35)14-32-19-13-27-7-6-17(19)24(31-32)16(2)34;1-15-4-3-5-21(29-15)30-24(37)18-8-25(12-32-14-27-13-28-32)9-20(25)34(18)22(36)11-33-19-10-26-7-6-17(19)23(31-33)16(2)35;3*1-3-4-2/h2*3-9,13,18,20H,10-12,14H2,1-2H3,(H,29,30,36);3-7,10,13-14,18,20H,8-9,11-12H2,1-2H3,(H,29,30,37);3*3-4H2,1-2H3/t2*18-,20+,26-;18-,20+,25-;;;/m000.../s1. The fraction of sp³-hybridized carbons (Fsp3) is 0.438. The Hall–Kier alpha value is -12.9. The van der Waals surface area contributed by atoms with Gasteiger partial charge in [-0.05, 0) is 114 Å². The Balaban J connectivity index is 0.000000149. The number of unbranched alkanes of at least 4 members (excludes halogenated alkanes) is 3. The van der Waals surface area contributed by atoms with Crippen molar-refractivity contribution in [2.45, 2.75) is 235 Å². The number of likely N-dealkylation sites (tertiary alicyclic amines) is 3. The zero-order chi connectivity index (χ0) is 87.4. The number of oxazole rings is 1. The number of ketones is 3. The predicted molar refractivity (Wildman–Crippen MR) is 461 cm³/mol. The number of aromatic nitrogens is 17. The molecule has 0 aromatic carbocycles. The van der Waals surface area contributed by atoms with E-state index in [2.05, 4.69) is 123 Å². The van der Waals surface area contributed by atoms with Crippen LogP contribution in [0, 0.1) is 37.0 Å². The van der Waals surface area contributed by atoms with Crippen molar-refractivity contribution in [1.82, 2.24) is 98.7 Å². The second kappa shape index (κ2) is 38.5. The Bertz CT molecular complexity index is 5250. The van der Waals surface area contributed by atoms with Crippen LogP contribution in [0.2, 0.25) is 0 Å². The number of thiazole rings is 1. The molecule has 33 nitrogen and oxygen atoms in total. The van der Waals surface area contributed by atoms with Crippen LogP contribution in [0.3, 0.4) is 0 Å². The van der Waals surface area contributed by atoms with Crippen LogP contribution in [0.1, 0.15) is 199 Å². The maximum absolute atomic E-state index is 13.8. The van der Waals surface area contributed by atoms with E-state index in [0.717, 1.165) is 47.8 Å². The number of nitrogens with zero attached hydrogens (tertiary/aromatic N) is 20. The summed E-state index contributed by atoms with van der Waals surface area (Å²) in [7, 11) is 0. The average Bonchev–Trinajstić information content (AvgIpc) is 1.54. The van der Waals surface area contributed by atoms with E-state index in [0.29, 0.717) is 99.7 Å². The molecule has 9 atom stereocenters. The third-order valence-corrected chi connectivity index (χ3v) is 24.2. The number of hydrogen-bond acceptors (Lipinski definition) is 24. The number of anilines is 3. The van der Waals surface area contributed by atoms with Gasteiger partial charge in [-0.3, -0.25) is 76.8 Å². The number of rotatable bonds is 24. The first kappa shape index (κ1) is 87.9.